The number of fused-ring (bicyclic) bond motifs is 1. The van der Waals surface area contributed by atoms with Crippen molar-refractivity contribution in [1.82, 2.24) is 25.1 Å². The smallest absolute Gasteiger partial charge is 0.408 e. The lowest BCUT2D eigenvalue weighted by Crippen LogP contribution is -2.32. The van der Waals surface area contributed by atoms with Crippen LogP contribution in [-0.2, 0) is 11.3 Å². The zero-order chi connectivity index (χ0) is 16.3. The van der Waals surface area contributed by atoms with Gasteiger partial charge in [0.1, 0.15) is 11.3 Å². The van der Waals surface area contributed by atoms with E-state index in [1.165, 1.54) is 10.6 Å². The molecule has 1 atom stereocenters. The summed E-state index contributed by atoms with van der Waals surface area (Å²) < 4.78 is 6.50. The first kappa shape index (κ1) is 16.1. The topological polar surface area (TPSA) is 111 Å². The van der Waals surface area contributed by atoms with Crippen LogP contribution < -0.4 is 5.32 Å². The maximum absolute atomic E-state index is 11.6. The van der Waals surface area contributed by atoms with E-state index in [1.807, 2.05) is 0 Å². The first-order valence-electron chi connectivity index (χ1n) is 6.45. The van der Waals surface area contributed by atoms with Gasteiger partial charge in [-0.1, -0.05) is 11.6 Å². The Morgan fingerprint density at radius 2 is 2.18 bits per heavy atom. The molecule has 0 saturated heterocycles. The Morgan fingerprint density at radius 3 is 2.82 bits per heavy atom. The normalized spacial score (nSPS) is 12.9. The van der Waals surface area contributed by atoms with Gasteiger partial charge in [0.2, 0.25) is 5.50 Å². The lowest BCUT2D eigenvalue weighted by atomic mass is 10.2. The van der Waals surface area contributed by atoms with Crippen molar-refractivity contribution in [2.75, 3.05) is 0 Å². The summed E-state index contributed by atoms with van der Waals surface area (Å²) in [5.41, 5.74) is -0.968. The third-order valence-electron chi connectivity index (χ3n) is 2.47. The fourth-order valence-corrected chi connectivity index (χ4v) is 1.72. The maximum atomic E-state index is 11.6. The Kier molecular flexibility index (Phi) is 4.55. The molecule has 2 aromatic heterocycles. The lowest BCUT2D eigenvalue weighted by Gasteiger charge is -2.19. The number of carbonyl (C=O) groups is 1. The Morgan fingerprint density at radius 1 is 1.45 bits per heavy atom. The molecule has 2 rings (SSSR count). The van der Waals surface area contributed by atoms with Crippen LogP contribution >= 0.6 is 11.6 Å². The first-order valence-corrected chi connectivity index (χ1v) is 6.88. The highest BCUT2D eigenvalue weighted by Gasteiger charge is 2.17. The largest absolute Gasteiger partial charge is 0.444 e. The molecular weight excluding hydrogens is 312 g/mol. The minimum atomic E-state index is -1.10. The number of aromatic nitrogens is 4. The third-order valence-corrected chi connectivity index (χ3v) is 2.78. The number of halogens is 1. The Labute approximate surface area is 131 Å². The third kappa shape index (κ3) is 3.88. The fourth-order valence-electron chi connectivity index (χ4n) is 1.60. The number of alkyl carbamates (subject to hydrolysis) is 1. The van der Waals surface area contributed by atoms with Crippen LogP contribution in [0.3, 0.4) is 0 Å². The number of rotatable bonds is 4. The highest BCUT2D eigenvalue weighted by atomic mass is 35.5. The van der Waals surface area contributed by atoms with Crippen molar-refractivity contribution >= 4 is 23.3 Å². The summed E-state index contributed by atoms with van der Waals surface area (Å²) in [7, 11) is 0. The molecule has 22 heavy (non-hydrogen) atoms. The molecular formula is C12H15ClN6O3. The van der Waals surface area contributed by atoms with Gasteiger partial charge in [-0.2, -0.15) is 9.61 Å². The Bertz CT molecular complexity index is 696. The minimum Gasteiger partial charge on any atom is -0.444 e. The molecule has 0 aromatic carbocycles. The second-order valence-electron chi connectivity index (χ2n) is 5.44. The zero-order valence-electron chi connectivity index (χ0n) is 12.3. The predicted octanol–water partition coefficient (Wildman–Crippen LogP) is 2.15. The molecule has 2 heterocycles. The van der Waals surface area contributed by atoms with Gasteiger partial charge in [0.15, 0.2) is 11.5 Å². The summed E-state index contributed by atoms with van der Waals surface area (Å²) in [6.07, 6.45) is -0.579. The van der Waals surface area contributed by atoms with Gasteiger partial charge in [0.25, 0.3) is 0 Å². The SMILES string of the molecule is CC(C)(C)OC(=O)NCc1nnc2ccc(C(Cl)N=O)nn12. The van der Waals surface area contributed by atoms with Crippen molar-refractivity contribution in [3.63, 3.8) is 0 Å². The molecule has 0 aliphatic rings. The average Bonchev–Trinajstić information content (AvgIpc) is 2.84. The van der Waals surface area contributed by atoms with E-state index in [9.17, 15) is 9.70 Å². The van der Waals surface area contributed by atoms with Gasteiger partial charge in [-0.25, -0.2) is 4.79 Å². The van der Waals surface area contributed by atoms with Crippen LogP contribution in [0, 0.1) is 4.91 Å². The van der Waals surface area contributed by atoms with Crippen molar-refractivity contribution in [3.05, 3.63) is 28.6 Å². The number of carbonyl (C=O) groups excluding carboxylic acids is 1. The van der Waals surface area contributed by atoms with Crippen molar-refractivity contribution < 1.29 is 9.53 Å². The van der Waals surface area contributed by atoms with Crippen LogP contribution in [0.1, 0.15) is 37.8 Å². The van der Waals surface area contributed by atoms with Gasteiger partial charge in [-0.05, 0) is 38.1 Å². The van der Waals surface area contributed by atoms with E-state index < -0.39 is 17.2 Å². The van der Waals surface area contributed by atoms with E-state index in [0.29, 0.717) is 11.5 Å². The molecule has 0 aliphatic heterocycles. The molecule has 1 unspecified atom stereocenters. The number of hydrogen-bond acceptors (Lipinski definition) is 7. The van der Waals surface area contributed by atoms with Crippen LogP contribution in [0.15, 0.2) is 17.3 Å². The van der Waals surface area contributed by atoms with Crippen LogP contribution in [0.4, 0.5) is 4.79 Å². The molecule has 0 aliphatic carbocycles. The van der Waals surface area contributed by atoms with Crippen LogP contribution in [0.5, 0.6) is 0 Å². The van der Waals surface area contributed by atoms with Gasteiger partial charge in [-0.15, -0.1) is 15.1 Å². The molecule has 118 valence electrons. The second kappa shape index (κ2) is 6.22. The second-order valence-corrected chi connectivity index (χ2v) is 5.85. The highest BCUT2D eigenvalue weighted by Crippen LogP contribution is 2.19. The maximum Gasteiger partial charge on any atom is 0.408 e. The van der Waals surface area contributed by atoms with Crippen molar-refractivity contribution in [2.24, 2.45) is 5.18 Å². The van der Waals surface area contributed by atoms with Gasteiger partial charge in [0, 0.05) is 0 Å². The molecule has 2 aromatic rings. The molecule has 0 radical (unpaired) electrons. The number of nitrogens with zero attached hydrogens (tertiary/aromatic N) is 5. The fraction of sp³-hybridized carbons (Fsp3) is 0.500. The van der Waals surface area contributed by atoms with Gasteiger partial charge < -0.3 is 10.1 Å². The molecule has 0 bridgehead atoms. The lowest BCUT2D eigenvalue weighted by molar-refractivity contribution is 0.0522. The Balaban J connectivity index is 2.14. The van der Waals surface area contributed by atoms with Gasteiger partial charge >= 0.3 is 6.09 Å². The minimum absolute atomic E-state index is 0.0635. The summed E-state index contributed by atoms with van der Waals surface area (Å²) >= 11 is 5.72. The Hall–Kier alpha value is -2.29. The summed E-state index contributed by atoms with van der Waals surface area (Å²) in [6.45, 7) is 5.35. The van der Waals surface area contributed by atoms with E-state index >= 15 is 0 Å². The van der Waals surface area contributed by atoms with Crippen molar-refractivity contribution in [1.29, 1.82) is 0 Å². The molecule has 10 heteroatoms. The number of nitrogens with one attached hydrogen (secondary N) is 1. The summed E-state index contributed by atoms with van der Waals surface area (Å²) in [5, 5.41) is 17.2. The van der Waals surface area contributed by atoms with Crippen LogP contribution in [-0.4, -0.2) is 31.5 Å². The van der Waals surface area contributed by atoms with E-state index in [0.717, 1.165) is 0 Å². The van der Waals surface area contributed by atoms with E-state index in [4.69, 9.17) is 16.3 Å². The molecule has 1 amide bonds. The average molecular weight is 327 g/mol. The van der Waals surface area contributed by atoms with E-state index in [1.54, 1.807) is 26.8 Å². The predicted molar refractivity (Wildman–Crippen MR) is 78.2 cm³/mol. The number of nitroso groups, excluding NO2 is 1. The molecule has 0 spiro atoms. The monoisotopic (exact) mass is 326 g/mol. The number of alkyl halides is 1. The quantitative estimate of drug-likeness (QED) is 0.523. The number of ether oxygens (including phenoxy) is 1. The van der Waals surface area contributed by atoms with Crippen LogP contribution in [0.2, 0.25) is 0 Å². The van der Waals surface area contributed by atoms with Crippen LogP contribution in [0.25, 0.3) is 5.65 Å². The van der Waals surface area contributed by atoms with Crippen molar-refractivity contribution in [2.45, 2.75) is 38.4 Å². The number of hydrogen-bond donors (Lipinski definition) is 1. The zero-order valence-corrected chi connectivity index (χ0v) is 13.0. The highest BCUT2D eigenvalue weighted by molar-refractivity contribution is 6.20. The molecule has 1 N–H and O–H groups in total. The standard InChI is InChI=1S/C12H15ClN6O3/c1-12(2,3)22-11(20)14-6-9-16-15-8-5-4-7(10(13)18-21)17-19(8)9/h4-5,10H,6H2,1-3H3,(H,14,20). The summed E-state index contributed by atoms with van der Waals surface area (Å²) in [6, 6.07) is 3.14. The summed E-state index contributed by atoms with van der Waals surface area (Å²) in [5.74, 6) is 0.373. The molecule has 9 nitrogen and oxygen atoms in total. The molecule has 0 fully saturated rings. The first-order chi connectivity index (χ1) is 10.3. The molecule has 0 saturated carbocycles. The summed E-state index contributed by atoms with van der Waals surface area (Å²) in [4.78, 5) is 22.1. The van der Waals surface area contributed by atoms with E-state index in [2.05, 4.69) is 25.8 Å². The van der Waals surface area contributed by atoms with Gasteiger partial charge in [-0.3, -0.25) is 0 Å². The van der Waals surface area contributed by atoms with Crippen molar-refractivity contribution in [3.8, 4) is 0 Å². The van der Waals surface area contributed by atoms with Gasteiger partial charge in [0.05, 0.1) is 6.54 Å². The number of amides is 1. The van der Waals surface area contributed by atoms with E-state index in [-0.39, 0.29) is 12.2 Å².